The maximum absolute atomic E-state index is 11.2. The van der Waals surface area contributed by atoms with Crippen molar-refractivity contribution < 1.29 is 22.1 Å². The molecule has 88 valence electrons. The molecule has 0 heterocycles. The van der Waals surface area contributed by atoms with Gasteiger partial charge in [-0.1, -0.05) is 5.92 Å². The molecule has 1 atom stereocenters. The Morgan fingerprint density at radius 1 is 1.47 bits per heavy atom. The summed E-state index contributed by atoms with van der Waals surface area (Å²) in [5, 5.41) is 0. The van der Waals surface area contributed by atoms with Crippen molar-refractivity contribution >= 4 is 17.5 Å². The van der Waals surface area contributed by atoms with Gasteiger partial charge in [-0.2, -0.15) is 8.42 Å². The first-order valence-electron chi connectivity index (χ1n) is 4.21. The molecule has 0 aliphatic heterocycles. The van der Waals surface area contributed by atoms with Crippen LogP contribution in [0.3, 0.4) is 0 Å². The maximum Gasteiger partial charge on any atom is 0.266 e. The molecule has 0 fully saturated rings. The van der Waals surface area contributed by atoms with Gasteiger partial charge in [-0.15, -0.1) is 5.92 Å². The topological polar surface area (TPSA) is 80.7 Å². The summed E-state index contributed by atoms with van der Waals surface area (Å²) in [7, 11) is -6.74. The summed E-state index contributed by atoms with van der Waals surface area (Å²) in [6, 6.07) is 0. The van der Waals surface area contributed by atoms with E-state index in [1.54, 1.807) is 6.92 Å². The molecule has 0 radical (unpaired) electrons. The number of hydrogen-bond donors (Lipinski definition) is 1. The summed E-state index contributed by atoms with van der Waals surface area (Å²) < 4.78 is 46.0. The van der Waals surface area contributed by atoms with Gasteiger partial charge in [-0.05, 0) is 6.92 Å². The van der Waals surface area contributed by atoms with Crippen molar-refractivity contribution in [3.8, 4) is 11.8 Å². The van der Waals surface area contributed by atoms with Gasteiger partial charge in [0, 0.05) is 13.3 Å². The molecule has 1 N–H and O–H groups in total. The van der Waals surface area contributed by atoms with Crippen LogP contribution in [0.5, 0.6) is 0 Å². The van der Waals surface area contributed by atoms with Gasteiger partial charge in [-0.3, -0.25) is 9.12 Å². The molecule has 7 heteroatoms. The highest BCUT2D eigenvalue weighted by atomic mass is 32.2. The van der Waals surface area contributed by atoms with Crippen LogP contribution in [0.2, 0.25) is 0 Å². The Balaban J connectivity index is 4.42. The summed E-state index contributed by atoms with van der Waals surface area (Å²) >= 11 is 0. The molecule has 0 aliphatic rings. The fourth-order valence-electron chi connectivity index (χ4n) is 0.859. The van der Waals surface area contributed by atoms with Crippen LogP contribution in [-0.4, -0.2) is 38.7 Å². The fourth-order valence-corrected chi connectivity index (χ4v) is 2.09. The first-order valence-corrected chi connectivity index (χ1v) is 8.34. The van der Waals surface area contributed by atoms with E-state index < -0.39 is 29.2 Å². The highest BCUT2D eigenvalue weighted by Gasteiger charge is 2.18. The Labute approximate surface area is 90.4 Å². The molecule has 0 saturated carbocycles. The zero-order chi connectivity index (χ0) is 12.1. The molecule has 0 amide bonds. The SMILES string of the molecule is CC#CC(COP(C)(C)=O)CS(=O)(=O)O. The normalized spacial score (nSPS) is 14.1. The maximum atomic E-state index is 11.2. The van der Waals surface area contributed by atoms with E-state index in [1.165, 1.54) is 13.3 Å². The van der Waals surface area contributed by atoms with Crippen LogP contribution in [0.25, 0.3) is 0 Å². The third-order valence-corrected chi connectivity index (χ3v) is 2.94. The summed E-state index contributed by atoms with van der Waals surface area (Å²) in [6.45, 7) is 4.34. The third-order valence-electron chi connectivity index (χ3n) is 1.35. The van der Waals surface area contributed by atoms with E-state index in [2.05, 4.69) is 11.8 Å². The zero-order valence-corrected chi connectivity index (χ0v) is 10.6. The molecular weight excluding hydrogens is 239 g/mol. The lowest BCUT2D eigenvalue weighted by atomic mass is 10.2. The Kier molecular flexibility index (Phi) is 5.54. The summed E-state index contributed by atoms with van der Waals surface area (Å²) in [5.74, 6) is 3.95. The van der Waals surface area contributed by atoms with Gasteiger partial charge in [-0.25, -0.2) is 0 Å². The van der Waals surface area contributed by atoms with Gasteiger partial charge in [0.15, 0.2) is 7.37 Å². The molecule has 0 aromatic heterocycles. The van der Waals surface area contributed by atoms with Gasteiger partial charge >= 0.3 is 0 Å². The summed E-state index contributed by atoms with van der Waals surface area (Å²) in [6.07, 6.45) is 0. The van der Waals surface area contributed by atoms with E-state index in [1.807, 2.05) is 0 Å². The lowest BCUT2D eigenvalue weighted by molar-refractivity contribution is 0.292. The average molecular weight is 254 g/mol. The fraction of sp³-hybridized carbons (Fsp3) is 0.750. The van der Waals surface area contributed by atoms with Crippen molar-refractivity contribution in [2.45, 2.75) is 6.92 Å². The number of hydrogen-bond acceptors (Lipinski definition) is 4. The first-order chi connectivity index (χ1) is 6.64. The van der Waals surface area contributed by atoms with Crippen molar-refractivity contribution in [2.24, 2.45) is 5.92 Å². The highest BCUT2D eigenvalue weighted by Crippen LogP contribution is 2.37. The van der Waals surface area contributed by atoms with E-state index in [9.17, 15) is 13.0 Å². The minimum Gasteiger partial charge on any atom is -0.327 e. The largest absolute Gasteiger partial charge is 0.327 e. The van der Waals surface area contributed by atoms with Crippen molar-refractivity contribution in [3.63, 3.8) is 0 Å². The van der Waals surface area contributed by atoms with Crippen LogP contribution >= 0.6 is 7.37 Å². The highest BCUT2D eigenvalue weighted by molar-refractivity contribution is 7.85. The van der Waals surface area contributed by atoms with Crippen LogP contribution in [0.1, 0.15) is 6.92 Å². The second kappa shape index (κ2) is 5.66. The molecule has 0 aromatic rings. The molecule has 0 bridgehead atoms. The standard InChI is InChI=1S/C8H15O5PS/c1-4-5-8(7-15(10,11)12)6-13-14(2,3)9/h8H,6-7H2,1-3H3,(H,10,11,12). The van der Waals surface area contributed by atoms with E-state index in [-0.39, 0.29) is 6.61 Å². The van der Waals surface area contributed by atoms with Gasteiger partial charge in [0.1, 0.15) is 0 Å². The third kappa shape index (κ3) is 9.95. The molecule has 1 unspecified atom stereocenters. The molecule has 0 aliphatic carbocycles. The minimum atomic E-state index is -4.09. The van der Waals surface area contributed by atoms with Crippen LogP contribution in [0.15, 0.2) is 0 Å². The Hall–Kier alpha value is -0.340. The molecule has 5 nitrogen and oxygen atoms in total. The van der Waals surface area contributed by atoms with E-state index in [0.29, 0.717) is 0 Å². The van der Waals surface area contributed by atoms with E-state index in [4.69, 9.17) is 9.08 Å². The summed E-state index contributed by atoms with van der Waals surface area (Å²) in [5.41, 5.74) is 0. The Morgan fingerprint density at radius 2 is 2.00 bits per heavy atom. The minimum absolute atomic E-state index is 0.0646. The molecule has 0 rings (SSSR count). The lowest BCUT2D eigenvalue weighted by Crippen LogP contribution is -2.18. The second-order valence-electron chi connectivity index (χ2n) is 3.39. The Bertz CT molecular complexity index is 396. The van der Waals surface area contributed by atoms with Crippen molar-refractivity contribution in [1.82, 2.24) is 0 Å². The van der Waals surface area contributed by atoms with Crippen LogP contribution in [-0.2, 0) is 19.2 Å². The number of rotatable bonds is 5. The molecule has 15 heavy (non-hydrogen) atoms. The van der Waals surface area contributed by atoms with Gasteiger partial charge in [0.2, 0.25) is 0 Å². The van der Waals surface area contributed by atoms with Gasteiger partial charge in [0.05, 0.1) is 18.3 Å². The lowest BCUT2D eigenvalue weighted by Gasteiger charge is -2.12. The zero-order valence-electron chi connectivity index (χ0n) is 8.93. The molecule has 0 spiro atoms. The quantitative estimate of drug-likeness (QED) is 0.451. The molecule has 0 saturated heterocycles. The smallest absolute Gasteiger partial charge is 0.266 e. The second-order valence-corrected chi connectivity index (χ2v) is 7.65. The van der Waals surface area contributed by atoms with Crippen molar-refractivity contribution in [2.75, 3.05) is 25.7 Å². The van der Waals surface area contributed by atoms with Gasteiger partial charge < -0.3 is 4.52 Å². The summed E-state index contributed by atoms with van der Waals surface area (Å²) in [4.78, 5) is 0. The predicted molar refractivity (Wildman–Crippen MR) is 58.8 cm³/mol. The Morgan fingerprint density at radius 3 is 2.33 bits per heavy atom. The van der Waals surface area contributed by atoms with Gasteiger partial charge in [0.25, 0.3) is 10.1 Å². The first kappa shape index (κ1) is 14.7. The van der Waals surface area contributed by atoms with Crippen LogP contribution < -0.4 is 0 Å². The molecular formula is C8H15O5PS. The van der Waals surface area contributed by atoms with E-state index in [0.717, 1.165) is 0 Å². The predicted octanol–water partition coefficient (Wildman–Crippen LogP) is 1.07. The molecule has 0 aromatic carbocycles. The van der Waals surface area contributed by atoms with Crippen molar-refractivity contribution in [1.29, 1.82) is 0 Å². The monoisotopic (exact) mass is 254 g/mol. The van der Waals surface area contributed by atoms with Crippen LogP contribution in [0, 0.1) is 17.8 Å². The van der Waals surface area contributed by atoms with E-state index >= 15 is 0 Å². The van der Waals surface area contributed by atoms with Crippen molar-refractivity contribution in [3.05, 3.63) is 0 Å². The van der Waals surface area contributed by atoms with Crippen LogP contribution in [0.4, 0.5) is 0 Å². The average Bonchev–Trinajstić information content (AvgIpc) is 1.96.